The number of hydrogen-bond donors (Lipinski definition) is 1. The maximum absolute atomic E-state index is 6.13. The van der Waals surface area contributed by atoms with Gasteiger partial charge in [-0.1, -0.05) is 25.3 Å². The first-order chi connectivity index (χ1) is 10.3. The van der Waals surface area contributed by atoms with Crippen molar-refractivity contribution < 1.29 is 0 Å². The highest BCUT2D eigenvalue weighted by atomic mass is 15.3. The SMILES string of the molecule is NCC1(CN2CCN(c3ccccn3)CC2)CCCCC1. The first kappa shape index (κ1) is 14.8. The maximum Gasteiger partial charge on any atom is 0.128 e. The van der Waals surface area contributed by atoms with E-state index in [0.29, 0.717) is 5.41 Å². The van der Waals surface area contributed by atoms with E-state index in [9.17, 15) is 0 Å². The lowest BCUT2D eigenvalue weighted by Crippen LogP contribution is -2.52. The van der Waals surface area contributed by atoms with Crippen LogP contribution in [0.2, 0.25) is 0 Å². The normalized spacial score (nSPS) is 23.2. The van der Waals surface area contributed by atoms with Crippen LogP contribution in [0.1, 0.15) is 32.1 Å². The van der Waals surface area contributed by atoms with Gasteiger partial charge in [-0.15, -0.1) is 0 Å². The van der Waals surface area contributed by atoms with E-state index >= 15 is 0 Å². The Labute approximate surface area is 128 Å². The molecule has 1 aliphatic carbocycles. The van der Waals surface area contributed by atoms with E-state index in [-0.39, 0.29) is 0 Å². The minimum atomic E-state index is 0.394. The van der Waals surface area contributed by atoms with Gasteiger partial charge in [-0.2, -0.15) is 0 Å². The molecule has 1 aromatic heterocycles. The Morgan fingerprint density at radius 1 is 1.05 bits per heavy atom. The molecule has 3 rings (SSSR count). The summed E-state index contributed by atoms with van der Waals surface area (Å²) in [7, 11) is 0. The molecule has 2 N–H and O–H groups in total. The average molecular weight is 288 g/mol. The minimum absolute atomic E-state index is 0.394. The van der Waals surface area contributed by atoms with Crippen molar-refractivity contribution in [1.29, 1.82) is 0 Å². The van der Waals surface area contributed by atoms with Gasteiger partial charge in [0, 0.05) is 38.9 Å². The minimum Gasteiger partial charge on any atom is -0.354 e. The van der Waals surface area contributed by atoms with E-state index in [1.165, 1.54) is 38.6 Å². The maximum atomic E-state index is 6.13. The van der Waals surface area contributed by atoms with Crippen LogP contribution in [0, 0.1) is 5.41 Å². The van der Waals surface area contributed by atoms with Crippen LogP contribution in [0.3, 0.4) is 0 Å². The van der Waals surface area contributed by atoms with Crippen molar-refractivity contribution in [3.05, 3.63) is 24.4 Å². The summed E-state index contributed by atoms with van der Waals surface area (Å²) < 4.78 is 0. The lowest BCUT2D eigenvalue weighted by atomic mass is 9.73. The van der Waals surface area contributed by atoms with Crippen LogP contribution in [0.5, 0.6) is 0 Å². The Hall–Kier alpha value is -1.13. The van der Waals surface area contributed by atoms with E-state index < -0.39 is 0 Å². The van der Waals surface area contributed by atoms with Crippen molar-refractivity contribution >= 4 is 5.82 Å². The van der Waals surface area contributed by atoms with Crippen LogP contribution in [0.15, 0.2) is 24.4 Å². The first-order valence-corrected chi connectivity index (χ1v) is 8.40. The molecule has 0 amide bonds. The highest BCUT2D eigenvalue weighted by Crippen LogP contribution is 2.36. The zero-order chi connectivity index (χ0) is 14.5. The van der Waals surface area contributed by atoms with Gasteiger partial charge < -0.3 is 10.6 Å². The Kier molecular flexibility index (Phi) is 4.76. The molecule has 4 nitrogen and oxygen atoms in total. The Morgan fingerprint density at radius 3 is 2.43 bits per heavy atom. The molecular weight excluding hydrogens is 260 g/mol. The van der Waals surface area contributed by atoms with Gasteiger partial charge in [0.1, 0.15) is 5.82 Å². The van der Waals surface area contributed by atoms with Gasteiger partial charge in [0.2, 0.25) is 0 Å². The molecule has 0 bridgehead atoms. The Balaban J connectivity index is 1.53. The second-order valence-corrected chi connectivity index (χ2v) is 6.72. The van der Waals surface area contributed by atoms with Crippen molar-refractivity contribution in [2.45, 2.75) is 32.1 Å². The summed E-state index contributed by atoms with van der Waals surface area (Å²) in [6.45, 7) is 6.49. The van der Waals surface area contributed by atoms with Crippen LogP contribution in [-0.2, 0) is 0 Å². The predicted molar refractivity (Wildman–Crippen MR) is 87.5 cm³/mol. The van der Waals surface area contributed by atoms with E-state index in [0.717, 1.165) is 38.5 Å². The number of hydrogen-bond acceptors (Lipinski definition) is 4. The van der Waals surface area contributed by atoms with Crippen molar-refractivity contribution in [2.24, 2.45) is 11.1 Å². The summed E-state index contributed by atoms with van der Waals surface area (Å²) in [5.74, 6) is 1.11. The average Bonchev–Trinajstić information content (AvgIpc) is 2.57. The van der Waals surface area contributed by atoms with E-state index in [1.807, 2.05) is 12.3 Å². The quantitative estimate of drug-likeness (QED) is 0.922. The highest BCUT2D eigenvalue weighted by Gasteiger charge is 2.33. The van der Waals surface area contributed by atoms with Gasteiger partial charge >= 0.3 is 0 Å². The molecule has 0 unspecified atom stereocenters. The second kappa shape index (κ2) is 6.75. The van der Waals surface area contributed by atoms with Gasteiger partial charge in [-0.25, -0.2) is 4.98 Å². The lowest BCUT2D eigenvalue weighted by molar-refractivity contribution is 0.107. The van der Waals surface area contributed by atoms with Gasteiger partial charge in [0.15, 0.2) is 0 Å². The number of aromatic nitrogens is 1. The number of pyridine rings is 1. The van der Waals surface area contributed by atoms with E-state index in [4.69, 9.17) is 5.73 Å². The molecule has 0 atom stereocenters. The van der Waals surface area contributed by atoms with Gasteiger partial charge in [0.05, 0.1) is 0 Å². The number of rotatable bonds is 4. The summed E-state index contributed by atoms with van der Waals surface area (Å²) in [5.41, 5.74) is 6.52. The molecule has 0 radical (unpaired) electrons. The third kappa shape index (κ3) is 3.55. The molecule has 116 valence electrons. The predicted octanol–water partition coefficient (Wildman–Crippen LogP) is 2.11. The van der Waals surface area contributed by atoms with Gasteiger partial charge in [0.25, 0.3) is 0 Å². The van der Waals surface area contributed by atoms with Crippen LogP contribution < -0.4 is 10.6 Å². The Morgan fingerprint density at radius 2 is 1.81 bits per heavy atom. The van der Waals surface area contributed by atoms with Crippen LogP contribution in [-0.4, -0.2) is 49.2 Å². The molecule has 21 heavy (non-hydrogen) atoms. The van der Waals surface area contributed by atoms with E-state index in [2.05, 4.69) is 26.9 Å². The molecule has 4 heteroatoms. The second-order valence-electron chi connectivity index (χ2n) is 6.72. The summed E-state index contributed by atoms with van der Waals surface area (Å²) in [4.78, 5) is 9.48. The molecule has 0 aromatic carbocycles. The fourth-order valence-electron chi connectivity index (χ4n) is 3.88. The molecule has 2 fully saturated rings. The smallest absolute Gasteiger partial charge is 0.128 e. The molecule has 1 aromatic rings. The van der Waals surface area contributed by atoms with Gasteiger partial charge in [-0.3, -0.25) is 4.90 Å². The molecular formula is C17H28N4. The molecule has 1 saturated carbocycles. The lowest BCUT2D eigenvalue weighted by Gasteiger charge is -2.43. The summed E-state index contributed by atoms with van der Waals surface area (Å²) in [6, 6.07) is 6.16. The zero-order valence-electron chi connectivity index (χ0n) is 13.0. The molecule has 1 saturated heterocycles. The molecule has 2 aliphatic rings. The molecule has 2 heterocycles. The Bertz CT molecular complexity index is 420. The van der Waals surface area contributed by atoms with E-state index in [1.54, 1.807) is 0 Å². The zero-order valence-corrected chi connectivity index (χ0v) is 13.0. The van der Waals surface area contributed by atoms with Crippen LogP contribution >= 0.6 is 0 Å². The number of nitrogens with two attached hydrogens (primary N) is 1. The fourth-order valence-corrected chi connectivity index (χ4v) is 3.88. The third-order valence-corrected chi connectivity index (χ3v) is 5.25. The summed E-state index contributed by atoms with van der Waals surface area (Å²) >= 11 is 0. The van der Waals surface area contributed by atoms with Crippen molar-refractivity contribution in [3.63, 3.8) is 0 Å². The molecule has 1 aliphatic heterocycles. The van der Waals surface area contributed by atoms with Crippen LogP contribution in [0.25, 0.3) is 0 Å². The number of anilines is 1. The van der Waals surface area contributed by atoms with Crippen molar-refractivity contribution in [3.8, 4) is 0 Å². The summed E-state index contributed by atoms with van der Waals surface area (Å²) in [6.07, 6.45) is 8.66. The largest absolute Gasteiger partial charge is 0.354 e. The highest BCUT2D eigenvalue weighted by molar-refractivity contribution is 5.38. The summed E-state index contributed by atoms with van der Waals surface area (Å²) in [5, 5.41) is 0. The van der Waals surface area contributed by atoms with Gasteiger partial charge in [-0.05, 0) is 36.9 Å². The van der Waals surface area contributed by atoms with Crippen LogP contribution in [0.4, 0.5) is 5.82 Å². The monoisotopic (exact) mass is 288 g/mol. The van der Waals surface area contributed by atoms with Crippen molar-refractivity contribution in [2.75, 3.05) is 44.2 Å². The first-order valence-electron chi connectivity index (χ1n) is 8.40. The molecule has 0 spiro atoms. The fraction of sp³-hybridized carbons (Fsp3) is 0.706. The topological polar surface area (TPSA) is 45.4 Å². The number of nitrogens with zero attached hydrogens (tertiary/aromatic N) is 3. The third-order valence-electron chi connectivity index (χ3n) is 5.25. The standard InChI is InChI=1S/C17H28N4/c18-14-17(7-3-1-4-8-17)15-20-10-12-21(13-11-20)16-6-2-5-9-19-16/h2,5-6,9H,1,3-4,7-8,10-15,18H2. The number of piperazine rings is 1. The van der Waals surface area contributed by atoms with Crippen molar-refractivity contribution in [1.82, 2.24) is 9.88 Å².